The SMILES string of the molecule is CCC1CCCC2(CCC(C)(C)C1)CN(Cc1ccccc1)CCN2. The van der Waals surface area contributed by atoms with Gasteiger partial charge in [-0.3, -0.25) is 4.90 Å². The summed E-state index contributed by atoms with van der Waals surface area (Å²) in [5.41, 5.74) is 2.28. The lowest BCUT2D eigenvalue weighted by molar-refractivity contribution is 0.0991. The predicted molar refractivity (Wildman–Crippen MR) is 108 cm³/mol. The zero-order chi connectivity index (χ0) is 17.8. The number of nitrogens with one attached hydrogen (secondary N) is 1. The van der Waals surface area contributed by atoms with Crippen molar-refractivity contribution in [3.63, 3.8) is 0 Å². The molecular formula is C23H38N2. The van der Waals surface area contributed by atoms with Gasteiger partial charge in [0.25, 0.3) is 0 Å². The number of nitrogens with zero attached hydrogens (tertiary/aromatic N) is 1. The number of rotatable bonds is 3. The summed E-state index contributed by atoms with van der Waals surface area (Å²) < 4.78 is 0. The van der Waals surface area contributed by atoms with E-state index in [0.717, 1.165) is 19.0 Å². The maximum absolute atomic E-state index is 3.97. The van der Waals surface area contributed by atoms with Crippen molar-refractivity contribution < 1.29 is 0 Å². The van der Waals surface area contributed by atoms with Crippen LogP contribution in [0.15, 0.2) is 30.3 Å². The van der Waals surface area contributed by atoms with E-state index in [-0.39, 0.29) is 0 Å². The summed E-state index contributed by atoms with van der Waals surface area (Å²) in [6.07, 6.45) is 9.61. The second-order valence-corrected chi connectivity index (χ2v) is 9.44. The number of hydrogen-bond acceptors (Lipinski definition) is 2. The van der Waals surface area contributed by atoms with Crippen molar-refractivity contribution in [1.29, 1.82) is 0 Å². The Labute approximate surface area is 155 Å². The summed E-state index contributed by atoms with van der Waals surface area (Å²) in [6.45, 7) is 12.0. The van der Waals surface area contributed by atoms with E-state index in [1.54, 1.807) is 0 Å². The zero-order valence-corrected chi connectivity index (χ0v) is 16.7. The van der Waals surface area contributed by atoms with E-state index in [0.29, 0.717) is 11.0 Å². The fraction of sp³-hybridized carbons (Fsp3) is 0.739. The van der Waals surface area contributed by atoms with Crippen molar-refractivity contribution in [3.05, 3.63) is 35.9 Å². The van der Waals surface area contributed by atoms with Crippen molar-refractivity contribution >= 4 is 0 Å². The average Bonchev–Trinajstić information content (AvgIpc) is 2.65. The molecule has 2 nitrogen and oxygen atoms in total. The fourth-order valence-electron chi connectivity index (χ4n) is 5.12. The van der Waals surface area contributed by atoms with Gasteiger partial charge in [0.05, 0.1) is 0 Å². The first kappa shape index (κ1) is 18.9. The lowest BCUT2D eigenvalue weighted by Gasteiger charge is -2.45. The Bertz CT molecular complexity index is 524. The molecule has 2 aliphatic rings. The van der Waals surface area contributed by atoms with Crippen LogP contribution in [0.5, 0.6) is 0 Å². The average molecular weight is 343 g/mol. The van der Waals surface area contributed by atoms with Gasteiger partial charge in [-0.1, -0.05) is 70.4 Å². The maximum atomic E-state index is 3.97. The first-order chi connectivity index (χ1) is 12.0. The topological polar surface area (TPSA) is 15.3 Å². The largest absolute Gasteiger partial charge is 0.309 e. The minimum absolute atomic E-state index is 0.340. The van der Waals surface area contributed by atoms with Gasteiger partial charge in [0.2, 0.25) is 0 Å². The van der Waals surface area contributed by atoms with Crippen molar-refractivity contribution in [1.82, 2.24) is 10.2 Å². The molecule has 3 rings (SSSR count). The number of piperazine rings is 1. The highest BCUT2D eigenvalue weighted by molar-refractivity contribution is 5.15. The third kappa shape index (κ3) is 5.31. The van der Waals surface area contributed by atoms with Gasteiger partial charge in [-0.25, -0.2) is 0 Å². The standard InChI is InChI=1S/C23H38N2/c1-4-20-11-8-12-23(14-13-22(2,3)17-20)19-25(16-15-24-23)18-21-9-6-5-7-10-21/h5-7,9-10,20,24H,4,8,11-19H2,1-3H3. The molecule has 25 heavy (non-hydrogen) atoms. The molecule has 2 atom stereocenters. The van der Waals surface area contributed by atoms with Crippen LogP contribution in [0.4, 0.5) is 0 Å². The Kier molecular flexibility index (Phi) is 6.22. The van der Waals surface area contributed by atoms with Gasteiger partial charge in [-0.05, 0) is 42.6 Å². The molecule has 1 aromatic rings. The Hall–Kier alpha value is -0.860. The van der Waals surface area contributed by atoms with Gasteiger partial charge in [0, 0.05) is 31.7 Å². The lowest BCUT2D eigenvalue weighted by Crippen LogP contribution is -2.60. The molecule has 2 unspecified atom stereocenters. The molecule has 2 heteroatoms. The second-order valence-electron chi connectivity index (χ2n) is 9.44. The number of hydrogen-bond donors (Lipinski definition) is 1. The molecule has 1 saturated heterocycles. The molecule has 1 spiro atoms. The van der Waals surface area contributed by atoms with Crippen molar-refractivity contribution in [2.75, 3.05) is 19.6 Å². The molecule has 140 valence electrons. The highest BCUT2D eigenvalue weighted by Gasteiger charge is 2.37. The van der Waals surface area contributed by atoms with Gasteiger partial charge in [-0.2, -0.15) is 0 Å². The van der Waals surface area contributed by atoms with Crippen molar-refractivity contribution in [3.8, 4) is 0 Å². The van der Waals surface area contributed by atoms with Crippen LogP contribution < -0.4 is 5.32 Å². The summed E-state index contributed by atoms with van der Waals surface area (Å²) in [5, 5.41) is 3.97. The van der Waals surface area contributed by atoms with E-state index in [1.165, 1.54) is 63.6 Å². The maximum Gasteiger partial charge on any atom is 0.0309 e. The van der Waals surface area contributed by atoms with Crippen LogP contribution in [0.1, 0.15) is 71.3 Å². The molecule has 1 aromatic carbocycles. The molecule has 1 aliphatic carbocycles. The van der Waals surface area contributed by atoms with E-state index >= 15 is 0 Å². The summed E-state index contributed by atoms with van der Waals surface area (Å²) >= 11 is 0. The van der Waals surface area contributed by atoms with Gasteiger partial charge in [0.1, 0.15) is 0 Å². The van der Waals surface area contributed by atoms with Crippen LogP contribution in [0.2, 0.25) is 0 Å². The third-order valence-corrected chi connectivity index (χ3v) is 6.67. The molecule has 1 aliphatic heterocycles. The second kappa shape index (κ2) is 8.22. The van der Waals surface area contributed by atoms with Gasteiger partial charge in [-0.15, -0.1) is 0 Å². The van der Waals surface area contributed by atoms with Crippen molar-refractivity contribution in [2.24, 2.45) is 11.3 Å². The van der Waals surface area contributed by atoms with E-state index in [1.807, 2.05) is 0 Å². The summed E-state index contributed by atoms with van der Waals surface area (Å²) in [5.74, 6) is 0.925. The Morgan fingerprint density at radius 2 is 1.92 bits per heavy atom. The van der Waals surface area contributed by atoms with Crippen molar-refractivity contribution in [2.45, 2.75) is 77.8 Å². The summed E-state index contributed by atoms with van der Waals surface area (Å²) in [4.78, 5) is 2.69. The van der Waals surface area contributed by atoms with E-state index in [9.17, 15) is 0 Å². The highest BCUT2D eigenvalue weighted by atomic mass is 15.2. The number of benzene rings is 1. The Balaban J connectivity index is 1.68. The molecule has 1 N–H and O–H groups in total. The van der Waals surface area contributed by atoms with Gasteiger partial charge < -0.3 is 5.32 Å². The molecular weight excluding hydrogens is 304 g/mol. The van der Waals surface area contributed by atoms with Crippen LogP contribution >= 0.6 is 0 Å². The highest BCUT2D eigenvalue weighted by Crippen LogP contribution is 2.40. The molecule has 0 amide bonds. The molecule has 1 heterocycles. The molecule has 2 fully saturated rings. The first-order valence-electron chi connectivity index (χ1n) is 10.5. The molecule has 1 saturated carbocycles. The van der Waals surface area contributed by atoms with Gasteiger partial charge in [0.15, 0.2) is 0 Å². The van der Waals surface area contributed by atoms with E-state index in [4.69, 9.17) is 0 Å². The smallest absolute Gasteiger partial charge is 0.0309 e. The Morgan fingerprint density at radius 1 is 1.12 bits per heavy atom. The summed E-state index contributed by atoms with van der Waals surface area (Å²) in [7, 11) is 0. The summed E-state index contributed by atoms with van der Waals surface area (Å²) in [6, 6.07) is 11.0. The predicted octanol–water partition coefficient (Wildman–Crippen LogP) is 5.24. The minimum Gasteiger partial charge on any atom is -0.309 e. The van der Waals surface area contributed by atoms with E-state index < -0.39 is 0 Å². The molecule has 0 radical (unpaired) electrons. The normalized spacial score (nSPS) is 31.2. The van der Waals surface area contributed by atoms with Crippen LogP contribution in [-0.2, 0) is 6.54 Å². The minimum atomic E-state index is 0.340. The third-order valence-electron chi connectivity index (χ3n) is 6.67. The van der Waals surface area contributed by atoms with Crippen LogP contribution in [0.25, 0.3) is 0 Å². The van der Waals surface area contributed by atoms with Gasteiger partial charge >= 0.3 is 0 Å². The fourth-order valence-corrected chi connectivity index (χ4v) is 5.12. The monoisotopic (exact) mass is 342 g/mol. The lowest BCUT2D eigenvalue weighted by atomic mass is 9.76. The van der Waals surface area contributed by atoms with Crippen LogP contribution in [0, 0.1) is 11.3 Å². The zero-order valence-electron chi connectivity index (χ0n) is 16.7. The van der Waals surface area contributed by atoms with E-state index in [2.05, 4.69) is 61.3 Å². The molecule has 0 aromatic heterocycles. The first-order valence-corrected chi connectivity index (χ1v) is 10.5. The van der Waals surface area contributed by atoms with Crippen LogP contribution in [0.3, 0.4) is 0 Å². The molecule has 0 bridgehead atoms. The quantitative estimate of drug-likeness (QED) is 0.808. The van der Waals surface area contributed by atoms with Crippen LogP contribution in [-0.4, -0.2) is 30.1 Å². The Morgan fingerprint density at radius 3 is 2.68 bits per heavy atom.